The van der Waals surface area contributed by atoms with E-state index in [2.05, 4.69) is 15.5 Å². The molecule has 1 heterocycles. The van der Waals surface area contributed by atoms with Crippen LogP contribution in [0.25, 0.3) is 11.5 Å². The Kier molecular flexibility index (Phi) is 6.88. The second-order valence-corrected chi connectivity index (χ2v) is 8.31. The Hall–Kier alpha value is -4.18. The number of nitro benzene ring substituents is 1. The Morgan fingerprint density at radius 1 is 1.09 bits per heavy atom. The van der Waals surface area contributed by atoms with Gasteiger partial charge in [-0.15, -0.1) is 10.2 Å². The number of amides is 1. The number of carbonyl (C=O) groups is 1. The molecule has 0 radical (unpaired) electrons. The van der Waals surface area contributed by atoms with Crippen LogP contribution in [0.2, 0.25) is 0 Å². The molecule has 0 spiro atoms. The van der Waals surface area contributed by atoms with Crippen molar-refractivity contribution in [3.05, 3.63) is 94.0 Å². The maximum Gasteiger partial charge on any atom is 0.293 e. The predicted molar refractivity (Wildman–Crippen MR) is 128 cm³/mol. The van der Waals surface area contributed by atoms with E-state index in [9.17, 15) is 14.9 Å². The summed E-state index contributed by atoms with van der Waals surface area (Å²) >= 11 is 1.05. The van der Waals surface area contributed by atoms with Gasteiger partial charge in [0.25, 0.3) is 16.8 Å². The van der Waals surface area contributed by atoms with Gasteiger partial charge in [-0.2, -0.15) is 0 Å². The SMILES string of the molecule is COc1ccccc1-c1nnc(SC(C(=O)Nc2ccc(C)cc2[N+](=O)[O-])c2ccccc2)o1. The molecule has 0 aliphatic rings. The summed E-state index contributed by atoms with van der Waals surface area (Å²) in [6, 6.07) is 20.9. The number of aryl methyl sites for hydroxylation is 1. The van der Waals surface area contributed by atoms with Crippen molar-refractivity contribution in [2.75, 3.05) is 12.4 Å². The first kappa shape index (κ1) is 23.0. The molecule has 1 unspecified atom stereocenters. The van der Waals surface area contributed by atoms with Gasteiger partial charge in [0.2, 0.25) is 5.91 Å². The van der Waals surface area contributed by atoms with Crippen LogP contribution in [0, 0.1) is 17.0 Å². The summed E-state index contributed by atoms with van der Waals surface area (Å²) in [5.41, 5.74) is 1.95. The van der Waals surface area contributed by atoms with Crippen LogP contribution < -0.4 is 10.1 Å². The van der Waals surface area contributed by atoms with Gasteiger partial charge in [-0.25, -0.2) is 0 Å². The molecule has 0 bridgehead atoms. The first-order valence-electron chi connectivity index (χ1n) is 10.2. The second-order valence-electron chi connectivity index (χ2n) is 7.25. The number of nitrogens with zero attached hydrogens (tertiary/aromatic N) is 3. The fraction of sp³-hybridized carbons (Fsp3) is 0.125. The predicted octanol–water partition coefficient (Wildman–Crippen LogP) is 5.43. The zero-order valence-electron chi connectivity index (χ0n) is 18.3. The largest absolute Gasteiger partial charge is 0.496 e. The average molecular weight is 477 g/mol. The molecular weight excluding hydrogens is 456 g/mol. The molecular formula is C24H20N4O5S. The fourth-order valence-corrected chi connectivity index (χ4v) is 4.16. The Morgan fingerprint density at radius 2 is 1.82 bits per heavy atom. The van der Waals surface area contributed by atoms with Crippen molar-refractivity contribution in [3.63, 3.8) is 0 Å². The van der Waals surface area contributed by atoms with Gasteiger partial charge in [-0.05, 0) is 48.0 Å². The summed E-state index contributed by atoms with van der Waals surface area (Å²) < 4.78 is 11.2. The Labute approximate surface area is 199 Å². The van der Waals surface area contributed by atoms with E-state index in [1.54, 1.807) is 56.5 Å². The highest BCUT2D eigenvalue weighted by Gasteiger charge is 2.27. The van der Waals surface area contributed by atoms with Crippen molar-refractivity contribution in [2.45, 2.75) is 17.4 Å². The van der Waals surface area contributed by atoms with Crippen molar-refractivity contribution in [2.24, 2.45) is 0 Å². The zero-order valence-corrected chi connectivity index (χ0v) is 19.1. The molecule has 34 heavy (non-hydrogen) atoms. The molecule has 4 rings (SSSR count). The van der Waals surface area contributed by atoms with Crippen LogP contribution >= 0.6 is 11.8 Å². The van der Waals surface area contributed by atoms with Gasteiger partial charge in [-0.1, -0.05) is 48.5 Å². The minimum Gasteiger partial charge on any atom is -0.496 e. The van der Waals surface area contributed by atoms with Crippen molar-refractivity contribution >= 4 is 29.0 Å². The number of nitro groups is 1. The smallest absolute Gasteiger partial charge is 0.293 e. The van der Waals surface area contributed by atoms with Crippen molar-refractivity contribution in [3.8, 4) is 17.2 Å². The number of hydrogen-bond donors (Lipinski definition) is 1. The number of para-hydroxylation sites is 1. The van der Waals surface area contributed by atoms with E-state index in [1.165, 1.54) is 12.1 Å². The van der Waals surface area contributed by atoms with Crippen LogP contribution in [0.3, 0.4) is 0 Å². The van der Waals surface area contributed by atoms with Crippen LogP contribution in [0.15, 0.2) is 82.4 Å². The third kappa shape index (κ3) is 5.07. The molecule has 4 aromatic rings. The topological polar surface area (TPSA) is 120 Å². The lowest BCUT2D eigenvalue weighted by Crippen LogP contribution is -2.19. The van der Waals surface area contributed by atoms with Gasteiger partial charge >= 0.3 is 0 Å². The van der Waals surface area contributed by atoms with E-state index < -0.39 is 16.1 Å². The third-order valence-electron chi connectivity index (χ3n) is 4.91. The molecule has 0 saturated carbocycles. The number of methoxy groups -OCH3 is 1. The van der Waals surface area contributed by atoms with Crippen LogP contribution in [-0.4, -0.2) is 28.1 Å². The van der Waals surface area contributed by atoms with Crippen LogP contribution in [0.1, 0.15) is 16.4 Å². The maximum absolute atomic E-state index is 13.3. The summed E-state index contributed by atoms with van der Waals surface area (Å²) in [5, 5.41) is 21.7. The normalized spacial score (nSPS) is 11.6. The minimum absolute atomic E-state index is 0.113. The van der Waals surface area contributed by atoms with Gasteiger partial charge in [0.15, 0.2) is 0 Å². The standard InChI is InChI=1S/C24H20N4O5S/c1-15-12-13-18(19(14-15)28(30)31)25-22(29)21(16-8-4-3-5-9-16)34-24-27-26-23(33-24)17-10-6-7-11-20(17)32-2/h3-14,21H,1-2H3,(H,25,29). The number of thioether (sulfide) groups is 1. The molecule has 1 aromatic heterocycles. The quantitative estimate of drug-likeness (QED) is 0.203. The van der Waals surface area contributed by atoms with E-state index in [4.69, 9.17) is 9.15 Å². The van der Waals surface area contributed by atoms with Gasteiger partial charge in [0.05, 0.1) is 17.6 Å². The molecule has 3 aromatic carbocycles. The van der Waals surface area contributed by atoms with Crippen molar-refractivity contribution in [1.29, 1.82) is 0 Å². The molecule has 1 atom stereocenters. The molecule has 0 aliphatic heterocycles. The van der Waals surface area contributed by atoms with E-state index in [-0.39, 0.29) is 22.5 Å². The average Bonchev–Trinajstić information content (AvgIpc) is 3.32. The number of rotatable bonds is 8. The summed E-state index contributed by atoms with van der Waals surface area (Å²) in [7, 11) is 1.55. The first-order valence-corrected chi connectivity index (χ1v) is 11.1. The lowest BCUT2D eigenvalue weighted by atomic mass is 10.1. The number of nitrogens with one attached hydrogen (secondary N) is 1. The minimum atomic E-state index is -0.798. The van der Waals surface area contributed by atoms with Crippen LogP contribution in [0.5, 0.6) is 5.75 Å². The van der Waals surface area contributed by atoms with E-state index in [0.717, 1.165) is 11.8 Å². The number of benzene rings is 3. The van der Waals surface area contributed by atoms with Crippen molar-refractivity contribution < 1.29 is 18.9 Å². The molecule has 0 saturated heterocycles. The lowest BCUT2D eigenvalue weighted by molar-refractivity contribution is -0.384. The van der Waals surface area contributed by atoms with Gasteiger partial charge in [0.1, 0.15) is 16.7 Å². The number of anilines is 1. The van der Waals surface area contributed by atoms with Gasteiger partial charge in [0, 0.05) is 6.07 Å². The number of carbonyl (C=O) groups excluding carboxylic acids is 1. The molecule has 9 nitrogen and oxygen atoms in total. The number of ether oxygens (including phenoxy) is 1. The first-order chi connectivity index (χ1) is 16.5. The Morgan fingerprint density at radius 3 is 2.56 bits per heavy atom. The van der Waals surface area contributed by atoms with Crippen LogP contribution in [0.4, 0.5) is 11.4 Å². The zero-order chi connectivity index (χ0) is 24.1. The molecule has 1 N–H and O–H groups in total. The molecule has 0 aliphatic carbocycles. The fourth-order valence-electron chi connectivity index (χ4n) is 3.29. The molecule has 172 valence electrons. The highest BCUT2D eigenvalue weighted by atomic mass is 32.2. The maximum atomic E-state index is 13.3. The molecule has 10 heteroatoms. The molecule has 1 amide bonds. The molecule has 0 fully saturated rings. The number of aromatic nitrogens is 2. The summed E-state index contributed by atoms with van der Waals surface area (Å²) in [5.74, 6) is 0.369. The van der Waals surface area contributed by atoms with Gasteiger partial charge < -0.3 is 14.5 Å². The van der Waals surface area contributed by atoms with E-state index in [0.29, 0.717) is 22.4 Å². The second kappa shape index (κ2) is 10.2. The monoisotopic (exact) mass is 476 g/mol. The lowest BCUT2D eigenvalue weighted by Gasteiger charge is -2.15. The highest BCUT2D eigenvalue weighted by Crippen LogP contribution is 2.38. The van der Waals surface area contributed by atoms with Crippen LogP contribution in [-0.2, 0) is 4.79 Å². The summed E-state index contributed by atoms with van der Waals surface area (Å²) in [6.07, 6.45) is 0. The summed E-state index contributed by atoms with van der Waals surface area (Å²) in [4.78, 5) is 24.2. The van der Waals surface area contributed by atoms with E-state index >= 15 is 0 Å². The third-order valence-corrected chi connectivity index (χ3v) is 6.00. The Bertz CT molecular complexity index is 1330. The van der Waals surface area contributed by atoms with Crippen molar-refractivity contribution in [1.82, 2.24) is 10.2 Å². The Balaban J connectivity index is 1.63. The highest BCUT2D eigenvalue weighted by molar-refractivity contribution is 8.00. The summed E-state index contributed by atoms with van der Waals surface area (Å²) in [6.45, 7) is 1.75. The number of hydrogen-bond acceptors (Lipinski definition) is 8. The van der Waals surface area contributed by atoms with E-state index in [1.807, 2.05) is 18.2 Å². The van der Waals surface area contributed by atoms with Gasteiger partial charge in [-0.3, -0.25) is 14.9 Å².